The molecular weight excluding hydrogens is 294 g/mol. The van der Waals surface area contributed by atoms with Crippen molar-refractivity contribution < 1.29 is 19.4 Å². The number of β-amino-alcohol motifs (C(OH)–C–C–N with tert-alkyl or cyclic N) is 1. The van der Waals surface area contributed by atoms with Crippen molar-refractivity contribution in [3.8, 4) is 5.75 Å². The first kappa shape index (κ1) is 16.3. The lowest BCUT2D eigenvalue weighted by Gasteiger charge is -2.28. The van der Waals surface area contributed by atoms with E-state index in [-0.39, 0.29) is 18.4 Å². The van der Waals surface area contributed by atoms with Crippen molar-refractivity contribution >= 4 is 5.91 Å². The molecule has 2 saturated heterocycles. The van der Waals surface area contributed by atoms with Crippen LogP contribution in [0.4, 0.5) is 0 Å². The third-order valence-electron chi connectivity index (χ3n) is 4.71. The molecule has 2 aliphatic rings. The topological polar surface area (TPSA) is 59.0 Å². The van der Waals surface area contributed by atoms with Crippen LogP contribution in [0.3, 0.4) is 0 Å². The highest BCUT2D eigenvalue weighted by atomic mass is 16.5. The van der Waals surface area contributed by atoms with Crippen molar-refractivity contribution in [2.24, 2.45) is 5.92 Å². The SMILES string of the molecule is Cc1cccc(OC[C@]2(O)CCN(C(=O)C3CCOCC3)C2)c1. The highest BCUT2D eigenvalue weighted by Gasteiger charge is 2.40. The van der Waals surface area contributed by atoms with Crippen molar-refractivity contribution in [3.05, 3.63) is 29.8 Å². The fourth-order valence-electron chi connectivity index (χ4n) is 3.29. The van der Waals surface area contributed by atoms with Crippen molar-refractivity contribution in [1.82, 2.24) is 4.90 Å². The summed E-state index contributed by atoms with van der Waals surface area (Å²) in [7, 11) is 0. The molecule has 1 atom stereocenters. The second-order valence-electron chi connectivity index (χ2n) is 6.73. The molecule has 23 heavy (non-hydrogen) atoms. The number of carbonyl (C=O) groups excluding carboxylic acids is 1. The zero-order chi connectivity index (χ0) is 16.3. The molecule has 1 amide bonds. The Morgan fingerprint density at radius 1 is 1.43 bits per heavy atom. The van der Waals surface area contributed by atoms with Crippen molar-refractivity contribution in [2.45, 2.75) is 31.8 Å². The van der Waals surface area contributed by atoms with Crippen LogP contribution in [0.5, 0.6) is 5.75 Å². The number of amides is 1. The van der Waals surface area contributed by atoms with Gasteiger partial charge in [-0.2, -0.15) is 0 Å². The molecule has 2 heterocycles. The molecule has 2 aliphatic heterocycles. The third kappa shape index (κ3) is 4.03. The van der Waals surface area contributed by atoms with Crippen LogP contribution in [0.2, 0.25) is 0 Å². The molecule has 0 aromatic heterocycles. The van der Waals surface area contributed by atoms with Crippen LogP contribution in [0, 0.1) is 12.8 Å². The number of aliphatic hydroxyl groups is 1. The maximum atomic E-state index is 12.5. The van der Waals surface area contributed by atoms with Crippen LogP contribution in [-0.2, 0) is 9.53 Å². The smallest absolute Gasteiger partial charge is 0.225 e. The van der Waals surface area contributed by atoms with E-state index >= 15 is 0 Å². The molecule has 2 fully saturated rings. The average molecular weight is 319 g/mol. The summed E-state index contributed by atoms with van der Waals surface area (Å²) in [6.07, 6.45) is 2.13. The summed E-state index contributed by atoms with van der Waals surface area (Å²) in [5.41, 5.74) is 0.169. The van der Waals surface area contributed by atoms with Gasteiger partial charge >= 0.3 is 0 Å². The van der Waals surface area contributed by atoms with Crippen LogP contribution in [0.1, 0.15) is 24.8 Å². The van der Waals surface area contributed by atoms with Gasteiger partial charge in [-0.1, -0.05) is 12.1 Å². The van der Waals surface area contributed by atoms with E-state index in [1.165, 1.54) is 0 Å². The van der Waals surface area contributed by atoms with Crippen molar-refractivity contribution in [3.63, 3.8) is 0 Å². The Morgan fingerprint density at radius 3 is 2.96 bits per heavy atom. The Labute approximate surface area is 137 Å². The molecule has 0 aliphatic carbocycles. The zero-order valence-corrected chi connectivity index (χ0v) is 13.7. The molecule has 0 spiro atoms. The summed E-state index contributed by atoms with van der Waals surface area (Å²) in [4.78, 5) is 14.3. The number of hydrogen-bond donors (Lipinski definition) is 1. The first-order valence-electron chi connectivity index (χ1n) is 8.34. The third-order valence-corrected chi connectivity index (χ3v) is 4.71. The minimum absolute atomic E-state index is 0.0452. The van der Waals surface area contributed by atoms with Gasteiger partial charge in [0.2, 0.25) is 5.91 Å². The summed E-state index contributed by atoms with van der Waals surface area (Å²) in [6, 6.07) is 7.77. The van der Waals surface area contributed by atoms with Gasteiger partial charge in [-0.15, -0.1) is 0 Å². The van der Waals surface area contributed by atoms with E-state index in [0.717, 1.165) is 24.2 Å². The molecule has 0 radical (unpaired) electrons. The highest BCUT2D eigenvalue weighted by molar-refractivity contribution is 5.79. The number of hydrogen-bond acceptors (Lipinski definition) is 4. The van der Waals surface area contributed by atoms with Crippen LogP contribution in [0.15, 0.2) is 24.3 Å². The van der Waals surface area contributed by atoms with E-state index in [4.69, 9.17) is 9.47 Å². The second kappa shape index (κ2) is 6.89. The molecular formula is C18H25NO4. The molecule has 0 saturated carbocycles. The van der Waals surface area contributed by atoms with Crippen LogP contribution in [-0.4, -0.2) is 54.4 Å². The lowest BCUT2D eigenvalue weighted by Crippen LogP contribution is -2.43. The predicted molar refractivity (Wildman–Crippen MR) is 86.4 cm³/mol. The molecule has 1 aromatic rings. The fourth-order valence-corrected chi connectivity index (χ4v) is 3.29. The van der Waals surface area contributed by atoms with Gasteiger partial charge in [-0.3, -0.25) is 4.79 Å². The van der Waals surface area contributed by atoms with Gasteiger partial charge in [0, 0.05) is 25.7 Å². The largest absolute Gasteiger partial charge is 0.491 e. The quantitative estimate of drug-likeness (QED) is 0.919. The van der Waals surface area contributed by atoms with Crippen LogP contribution < -0.4 is 4.74 Å². The van der Waals surface area contributed by atoms with Gasteiger partial charge in [0.15, 0.2) is 0 Å². The standard InChI is InChI=1S/C18H25NO4/c1-14-3-2-4-16(11-14)23-13-18(21)7-8-19(12-18)17(20)15-5-9-22-10-6-15/h2-4,11,15,21H,5-10,12-13H2,1H3/t18-/m0/s1. The van der Waals surface area contributed by atoms with Crippen LogP contribution >= 0.6 is 0 Å². The number of benzene rings is 1. The Kier molecular flexibility index (Phi) is 4.87. The van der Waals surface area contributed by atoms with Gasteiger partial charge in [0.25, 0.3) is 0 Å². The van der Waals surface area contributed by atoms with Crippen molar-refractivity contribution in [2.75, 3.05) is 32.9 Å². The zero-order valence-electron chi connectivity index (χ0n) is 13.7. The lowest BCUT2D eigenvalue weighted by atomic mass is 9.99. The first-order valence-corrected chi connectivity index (χ1v) is 8.34. The summed E-state index contributed by atoms with van der Waals surface area (Å²) in [5.74, 6) is 0.955. The molecule has 3 rings (SSSR count). The Hall–Kier alpha value is -1.59. The normalized spacial score (nSPS) is 25.6. The maximum Gasteiger partial charge on any atom is 0.225 e. The van der Waals surface area contributed by atoms with Gasteiger partial charge in [0.05, 0.1) is 6.54 Å². The Bertz CT molecular complexity index is 556. The summed E-state index contributed by atoms with van der Waals surface area (Å²) in [5, 5.41) is 10.7. The van der Waals surface area contributed by atoms with E-state index in [9.17, 15) is 9.90 Å². The summed E-state index contributed by atoms with van der Waals surface area (Å²) >= 11 is 0. The first-order chi connectivity index (χ1) is 11.1. The van der Waals surface area contributed by atoms with Crippen LogP contribution in [0.25, 0.3) is 0 Å². The van der Waals surface area contributed by atoms with Gasteiger partial charge in [-0.25, -0.2) is 0 Å². The van der Waals surface area contributed by atoms with Gasteiger partial charge < -0.3 is 19.5 Å². The lowest BCUT2D eigenvalue weighted by molar-refractivity contribution is -0.138. The van der Waals surface area contributed by atoms with Crippen molar-refractivity contribution in [1.29, 1.82) is 0 Å². The summed E-state index contributed by atoms with van der Waals surface area (Å²) in [6.45, 7) is 4.49. The average Bonchev–Trinajstić information content (AvgIpc) is 2.96. The fraction of sp³-hybridized carbons (Fsp3) is 0.611. The molecule has 1 N–H and O–H groups in total. The summed E-state index contributed by atoms with van der Waals surface area (Å²) < 4.78 is 11.0. The number of nitrogens with zero attached hydrogens (tertiary/aromatic N) is 1. The minimum Gasteiger partial charge on any atom is -0.491 e. The predicted octanol–water partition coefficient (Wildman–Crippen LogP) is 1.76. The van der Waals surface area contributed by atoms with E-state index in [1.807, 2.05) is 31.2 Å². The van der Waals surface area contributed by atoms with Gasteiger partial charge in [0.1, 0.15) is 18.0 Å². The van der Waals surface area contributed by atoms with E-state index in [0.29, 0.717) is 32.7 Å². The molecule has 5 heteroatoms. The number of likely N-dealkylation sites (tertiary alicyclic amines) is 1. The number of ether oxygens (including phenoxy) is 2. The molecule has 126 valence electrons. The number of aryl methyl sites for hydroxylation is 1. The molecule has 1 aromatic carbocycles. The number of rotatable bonds is 4. The van der Waals surface area contributed by atoms with Gasteiger partial charge in [-0.05, 0) is 43.9 Å². The number of carbonyl (C=O) groups is 1. The minimum atomic E-state index is -0.954. The van der Waals surface area contributed by atoms with E-state index in [1.54, 1.807) is 4.90 Å². The maximum absolute atomic E-state index is 12.5. The highest BCUT2D eigenvalue weighted by Crippen LogP contribution is 2.27. The second-order valence-corrected chi connectivity index (χ2v) is 6.73. The van der Waals surface area contributed by atoms with E-state index < -0.39 is 5.60 Å². The monoisotopic (exact) mass is 319 g/mol. The Morgan fingerprint density at radius 2 is 2.22 bits per heavy atom. The Balaban J connectivity index is 1.54. The molecule has 0 unspecified atom stereocenters. The molecule has 5 nitrogen and oxygen atoms in total. The molecule has 0 bridgehead atoms. The van der Waals surface area contributed by atoms with E-state index in [2.05, 4.69) is 0 Å².